The van der Waals surface area contributed by atoms with Crippen LogP contribution in [0.2, 0.25) is 0 Å². The second-order valence-electron chi connectivity index (χ2n) is 4.29. The van der Waals surface area contributed by atoms with Crippen molar-refractivity contribution in [3.8, 4) is 10.8 Å². The first-order valence-electron chi connectivity index (χ1n) is 5.86. The molecule has 4 nitrogen and oxygen atoms in total. The number of nitrogens with zero attached hydrogens (tertiary/aromatic N) is 1. The number of carbonyl (C=O) groups is 1. The topological polar surface area (TPSA) is 52.3 Å². The highest BCUT2D eigenvalue weighted by molar-refractivity contribution is 7.13. The molecule has 5 heteroatoms. The van der Waals surface area contributed by atoms with E-state index in [1.165, 1.54) is 0 Å². The van der Waals surface area contributed by atoms with Gasteiger partial charge in [-0.3, -0.25) is 4.79 Å². The number of esters is 1. The molecule has 0 bridgehead atoms. The highest BCUT2D eigenvalue weighted by Crippen LogP contribution is 2.26. The van der Waals surface area contributed by atoms with Gasteiger partial charge in [-0.25, -0.2) is 4.98 Å². The normalized spacial score (nSPS) is 10.4. The SMILES string of the molecule is C=C(C)COC(=O)Cc1nc(-c2cccs2)oc1C. The zero-order valence-corrected chi connectivity index (χ0v) is 11.8. The molecule has 100 valence electrons. The second kappa shape index (κ2) is 5.84. The van der Waals surface area contributed by atoms with Crippen LogP contribution in [0, 0.1) is 6.92 Å². The van der Waals surface area contributed by atoms with E-state index >= 15 is 0 Å². The zero-order chi connectivity index (χ0) is 13.8. The van der Waals surface area contributed by atoms with Crippen LogP contribution in [0.4, 0.5) is 0 Å². The first-order chi connectivity index (χ1) is 9.06. The van der Waals surface area contributed by atoms with Gasteiger partial charge in [-0.15, -0.1) is 11.3 Å². The third-order valence-corrected chi connectivity index (χ3v) is 3.27. The molecule has 2 aromatic heterocycles. The summed E-state index contributed by atoms with van der Waals surface area (Å²) < 4.78 is 10.6. The number of hydrogen-bond acceptors (Lipinski definition) is 5. The van der Waals surface area contributed by atoms with Gasteiger partial charge < -0.3 is 9.15 Å². The molecule has 0 unspecified atom stereocenters. The number of rotatable bonds is 5. The molecule has 2 rings (SSSR count). The van der Waals surface area contributed by atoms with Crippen LogP contribution in [-0.4, -0.2) is 17.6 Å². The molecule has 0 aliphatic carbocycles. The quantitative estimate of drug-likeness (QED) is 0.621. The lowest BCUT2D eigenvalue weighted by molar-refractivity contribution is -0.141. The van der Waals surface area contributed by atoms with Crippen molar-refractivity contribution in [3.05, 3.63) is 41.1 Å². The number of oxazole rings is 1. The molecule has 0 aliphatic rings. The fraction of sp³-hybridized carbons (Fsp3) is 0.286. The summed E-state index contributed by atoms with van der Waals surface area (Å²) in [5.41, 5.74) is 1.43. The van der Waals surface area contributed by atoms with Gasteiger partial charge in [0.2, 0.25) is 5.89 Å². The van der Waals surface area contributed by atoms with Crippen LogP contribution in [-0.2, 0) is 16.0 Å². The van der Waals surface area contributed by atoms with Crippen LogP contribution >= 0.6 is 11.3 Å². The Morgan fingerprint density at radius 1 is 1.58 bits per heavy atom. The molecular weight excluding hydrogens is 262 g/mol. The van der Waals surface area contributed by atoms with E-state index in [0.29, 0.717) is 17.3 Å². The van der Waals surface area contributed by atoms with Gasteiger partial charge in [0, 0.05) is 0 Å². The summed E-state index contributed by atoms with van der Waals surface area (Å²) in [7, 11) is 0. The van der Waals surface area contributed by atoms with Crippen molar-refractivity contribution in [2.75, 3.05) is 6.61 Å². The fourth-order valence-corrected chi connectivity index (χ4v) is 2.14. The van der Waals surface area contributed by atoms with Crippen molar-refractivity contribution in [3.63, 3.8) is 0 Å². The van der Waals surface area contributed by atoms with Crippen LogP contribution in [0.5, 0.6) is 0 Å². The van der Waals surface area contributed by atoms with Gasteiger partial charge in [0.1, 0.15) is 12.4 Å². The Balaban J connectivity index is 2.05. The van der Waals surface area contributed by atoms with Crippen LogP contribution < -0.4 is 0 Å². The van der Waals surface area contributed by atoms with E-state index in [1.807, 2.05) is 24.4 Å². The average molecular weight is 277 g/mol. The molecule has 0 radical (unpaired) electrons. The monoisotopic (exact) mass is 277 g/mol. The van der Waals surface area contributed by atoms with E-state index in [2.05, 4.69) is 11.6 Å². The number of aryl methyl sites for hydroxylation is 1. The molecule has 0 saturated heterocycles. The van der Waals surface area contributed by atoms with Crippen LogP contribution in [0.1, 0.15) is 18.4 Å². The van der Waals surface area contributed by atoms with Crippen molar-refractivity contribution < 1.29 is 13.9 Å². The van der Waals surface area contributed by atoms with E-state index in [4.69, 9.17) is 9.15 Å². The molecule has 0 atom stereocenters. The highest BCUT2D eigenvalue weighted by atomic mass is 32.1. The van der Waals surface area contributed by atoms with Gasteiger partial charge in [0.15, 0.2) is 0 Å². The molecule has 0 fully saturated rings. The van der Waals surface area contributed by atoms with Gasteiger partial charge in [-0.2, -0.15) is 0 Å². The summed E-state index contributed by atoms with van der Waals surface area (Å²) in [6.07, 6.45) is 0.119. The first-order valence-corrected chi connectivity index (χ1v) is 6.74. The van der Waals surface area contributed by atoms with Gasteiger partial charge in [-0.1, -0.05) is 12.6 Å². The van der Waals surface area contributed by atoms with Gasteiger partial charge in [0.25, 0.3) is 0 Å². The fourth-order valence-electron chi connectivity index (χ4n) is 1.49. The minimum absolute atomic E-state index is 0.119. The highest BCUT2D eigenvalue weighted by Gasteiger charge is 2.15. The minimum Gasteiger partial charge on any atom is -0.461 e. The van der Waals surface area contributed by atoms with Crippen molar-refractivity contribution in [2.45, 2.75) is 20.3 Å². The second-order valence-corrected chi connectivity index (χ2v) is 5.24. The van der Waals surface area contributed by atoms with Crippen LogP contribution in [0.15, 0.2) is 34.1 Å². The predicted molar refractivity (Wildman–Crippen MR) is 74.0 cm³/mol. The predicted octanol–water partition coefficient (Wildman–Crippen LogP) is 3.37. The molecule has 0 saturated carbocycles. The lowest BCUT2D eigenvalue weighted by atomic mass is 10.3. The Labute approximate surface area is 115 Å². The largest absolute Gasteiger partial charge is 0.461 e. The van der Waals surface area contributed by atoms with Crippen molar-refractivity contribution in [1.82, 2.24) is 4.98 Å². The Morgan fingerprint density at radius 2 is 2.37 bits per heavy atom. The van der Waals surface area contributed by atoms with Gasteiger partial charge >= 0.3 is 5.97 Å². The molecule has 19 heavy (non-hydrogen) atoms. The number of thiophene rings is 1. The lowest BCUT2D eigenvalue weighted by Gasteiger charge is -2.02. The molecule has 0 aromatic carbocycles. The van der Waals surface area contributed by atoms with E-state index in [-0.39, 0.29) is 19.0 Å². The third-order valence-electron chi connectivity index (χ3n) is 2.42. The summed E-state index contributed by atoms with van der Waals surface area (Å²) in [6, 6.07) is 3.86. The van der Waals surface area contributed by atoms with E-state index in [1.54, 1.807) is 18.3 Å². The Bertz CT molecular complexity index is 584. The summed E-state index contributed by atoms with van der Waals surface area (Å²) in [4.78, 5) is 16.9. The lowest BCUT2D eigenvalue weighted by Crippen LogP contribution is -2.10. The van der Waals surface area contributed by atoms with E-state index in [0.717, 1.165) is 10.5 Å². The number of ether oxygens (including phenoxy) is 1. The average Bonchev–Trinajstić information content (AvgIpc) is 2.97. The minimum atomic E-state index is -0.322. The maximum absolute atomic E-state index is 11.6. The molecular formula is C14H15NO3S. The summed E-state index contributed by atoms with van der Waals surface area (Å²) >= 11 is 1.55. The van der Waals surface area contributed by atoms with Crippen LogP contribution in [0.25, 0.3) is 10.8 Å². The number of aromatic nitrogens is 1. The van der Waals surface area contributed by atoms with Gasteiger partial charge in [0.05, 0.1) is 17.0 Å². The molecule has 0 spiro atoms. The standard InChI is InChI=1S/C14H15NO3S/c1-9(2)8-17-13(16)7-11-10(3)18-14(15-11)12-5-4-6-19-12/h4-6H,1,7-8H2,2-3H3. The van der Waals surface area contributed by atoms with Crippen molar-refractivity contribution in [2.24, 2.45) is 0 Å². The molecule has 2 aromatic rings. The first kappa shape index (κ1) is 13.5. The third kappa shape index (κ3) is 3.54. The number of hydrogen-bond donors (Lipinski definition) is 0. The molecule has 0 amide bonds. The summed E-state index contributed by atoms with van der Waals surface area (Å²) in [5, 5.41) is 1.95. The Hall–Kier alpha value is -1.88. The smallest absolute Gasteiger partial charge is 0.312 e. The maximum Gasteiger partial charge on any atom is 0.312 e. The van der Waals surface area contributed by atoms with Crippen LogP contribution in [0.3, 0.4) is 0 Å². The van der Waals surface area contributed by atoms with Crippen molar-refractivity contribution in [1.29, 1.82) is 0 Å². The number of carbonyl (C=O) groups excluding carboxylic acids is 1. The Kier molecular flexibility index (Phi) is 4.16. The summed E-state index contributed by atoms with van der Waals surface area (Å²) in [5.74, 6) is 0.878. The molecule has 0 aliphatic heterocycles. The molecule has 0 N–H and O–H groups in total. The maximum atomic E-state index is 11.6. The van der Waals surface area contributed by atoms with E-state index in [9.17, 15) is 4.79 Å². The van der Waals surface area contributed by atoms with E-state index < -0.39 is 0 Å². The van der Waals surface area contributed by atoms with Crippen molar-refractivity contribution >= 4 is 17.3 Å². The zero-order valence-electron chi connectivity index (χ0n) is 10.9. The Morgan fingerprint density at radius 3 is 3.00 bits per heavy atom. The van der Waals surface area contributed by atoms with Gasteiger partial charge in [-0.05, 0) is 30.9 Å². The molecule has 2 heterocycles. The summed E-state index contributed by atoms with van der Waals surface area (Å²) in [6.45, 7) is 7.53.